The van der Waals surface area contributed by atoms with Gasteiger partial charge in [0.05, 0.1) is 22.7 Å². The summed E-state index contributed by atoms with van der Waals surface area (Å²) in [4.78, 5) is 9.50. The minimum Gasteiger partial charge on any atom is -0.310 e. The van der Waals surface area contributed by atoms with Gasteiger partial charge in [0, 0.05) is 67.0 Å². The summed E-state index contributed by atoms with van der Waals surface area (Å²) in [5, 5.41) is 4.65. The first-order chi connectivity index (χ1) is 36.6. The standard InChI is InChI=1S/C70H54N4/c1-51-21-19-31-61(49-51)73(57-27-11-5-12-28-57)69-47-45-67(63-33-15-17-35-65(63)69)71(55-23-7-3-8-24-55)59-41-37-53(38-42-59)54-39-43-60(44-40-54)72(56-25-9-4-10-26-56)68-46-48-70(66-36-18-16-34-64(66)68)74(58-29-13-6-14-30-58)62-32-20-22-52(2)50-62/h3-50H,1-2H3. The third kappa shape index (κ3) is 8.91. The van der Waals surface area contributed by atoms with E-state index >= 15 is 0 Å². The number of rotatable bonds is 13. The van der Waals surface area contributed by atoms with Gasteiger partial charge in [0.15, 0.2) is 0 Å². The molecular formula is C70H54N4. The van der Waals surface area contributed by atoms with Crippen LogP contribution in [0.1, 0.15) is 11.1 Å². The van der Waals surface area contributed by atoms with Crippen LogP contribution in [0, 0.1) is 13.8 Å². The predicted octanol–water partition coefficient (Wildman–Crippen LogP) is 20.2. The average Bonchev–Trinajstić information content (AvgIpc) is 3.46. The van der Waals surface area contributed by atoms with Crippen LogP contribution in [0.2, 0.25) is 0 Å². The van der Waals surface area contributed by atoms with Crippen LogP contribution in [0.4, 0.5) is 68.2 Å². The van der Waals surface area contributed by atoms with Gasteiger partial charge in [0.2, 0.25) is 0 Å². The Morgan fingerprint density at radius 3 is 0.689 bits per heavy atom. The number of hydrogen-bond donors (Lipinski definition) is 0. The minimum atomic E-state index is 1.08. The quantitative estimate of drug-likeness (QED) is 0.114. The molecule has 0 unspecified atom stereocenters. The van der Waals surface area contributed by atoms with Gasteiger partial charge in [-0.3, -0.25) is 0 Å². The number of benzene rings is 12. The van der Waals surface area contributed by atoms with Crippen LogP contribution in [-0.2, 0) is 0 Å². The minimum absolute atomic E-state index is 1.08. The second-order valence-electron chi connectivity index (χ2n) is 18.8. The van der Waals surface area contributed by atoms with Crippen LogP contribution in [0.25, 0.3) is 32.7 Å². The van der Waals surface area contributed by atoms with Crippen molar-refractivity contribution in [2.45, 2.75) is 13.8 Å². The molecule has 12 aromatic carbocycles. The first-order valence-corrected chi connectivity index (χ1v) is 25.3. The largest absolute Gasteiger partial charge is 0.310 e. The summed E-state index contributed by atoms with van der Waals surface area (Å²) in [6.45, 7) is 4.31. The van der Waals surface area contributed by atoms with E-state index in [0.29, 0.717) is 0 Å². The predicted molar refractivity (Wildman–Crippen MR) is 315 cm³/mol. The van der Waals surface area contributed by atoms with E-state index in [1.807, 2.05) is 0 Å². The maximum atomic E-state index is 2.38. The third-order valence-corrected chi connectivity index (χ3v) is 13.9. The molecule has 0 radical (unpaired) electrons. The SMILES string of the molecule is Cc1cccc(N(c2ccccc2)c2ccc(N(c3ccccc3)c3ccc(-c4ccc(N(c5ccccc5)c5ccc(N(c6ccccc6)c6cccc(C)c6)c6ccccc56)cc4)cc3)c3ccccc23)c1. The number of hydrogen-bond acceptors (Lipinski definition) is 4. The Morgan fingerprint density at radius 2 is 0.419 bits per heavy atom. The molecule has 0 aromatic heterocycles. The van der Waals surface area contributed by atoms with Gasteiger partial charge in [-0.25, -0.2) is 0 Å². The fraction of sp³-hybridized carbons (Fsp3) is 0.0286. The van der Waals surface area contributed by atoms with Crippen molar-refractivity contribution in [3.05, 3.63) is 302 Å². The summed E-state index contributed by atoms with van der Waals surface area (Å²) < 4.78 is 0. The topological polar surface area (TPSA) is 13.0 Å². The molecule has 12 rings (SSSR count). The first-order valence-electron chi connectivity index (χ1n) is 25.3. The Balaban J connectivity index is 0.908. The van der Waals surface area contributed by atoms with Gasteiger partial charge in [-0.05, 0) is 157 Å². The lowest BCUT2D eigenvalue weighted by atomic mass is 10.0. The molecule has 0 spiro atoms. The zero-order valence-corrected chi connectivity index (χ0v) is 41.5. The van der Waals surface area contributed by atoms with Crippen molar-refractivity contribution < 1.29 is 0 Å². The van der Waals surface area contributed by atoms with E-state index in [2.05, 4.69) is 325 Å². The molecule has 0 bridgehead atoms. The molecule has 0 atom stereocenters. The van der Waals surface area contributed by atoms with E-state index in [4.69, 9.17) is 0 Å². The van der Waals surface area contributed by atoms with Crippen molar-refractivity contribution in [1.29, 1.82) is 0 Å². The molecular weight excluding hydrogens is 897 g/mol. The van der Waals surface area contributed by atoms with Crippen LogP contribution < -0.4 is 19.6 Å². The molecule has 12 aromatic rings. The summed E-state index contributed by atoms with van der Waals surface area (Å²) >= 11 is 0. The normalized spacial score (nSPS) is 11.1. The van der Waals surface area contributed by atoms with E-state index in [1.165, 1.54) is 11.1 Å². The highest BCUT2D eigenvalue weighted by atomic mass is 15.2. The lowest BCUT2D eigenvalue weighted by Gasteiger charge is -2.31. The van der Waals surface area contributed by atoms with Gasteiger partial charge in [0.25, 0.3) is 0 Å². The van der Waals surface area contributed by atoms with Crippen molar-refractivity contribution in [3.63, 3.8) is 0 Å². The number of para-hydroxylation sites is 4. The Labute approximate surface area is 434 Å². The Kier molecular flexibility index (Phi) is 12.4. The molecule has 0 fully saturated rings. The second kappa shape index (κ2) is 20.2. The van der Waals surface area contributed by atoms with Crippen molar-refractivity contribution in [3.8, 4) is 11.1 Å². The molecule has 0 amide bonds. The van der Waals surface area contributed by atoms with Gasteiger partial charge >= 0.3 is 0 Å². The van der Waals surface area contributed by atoms with Crippen LogP contribution in [-0.4, -0.2) is 0 Å². The number of aryl methyl sites for hydroxylation is 2. The average molecular weight is 951 g/mol. The Hall–Kier alpha value is -9.64. The molecule has 354 valence electrons. The van der Waals surface area contributed by atoms with Crippen LogP contribution in [0.5, 0.6) is 0 Å². The van der Waals surface area contributed by atoms with E-state index in [-0.39, 0.29) is 0 Å². The van der Waals surface area contributed by atoms with Crippen LogP contribution in [0.3, 0.4) is 0 Å². The summed E-state index contributed by atoms with van der Waals surface area (Å²) in [5.41, 5.74) is 18.0. The summed E-state index contributed by atoms with van der Waals surface area (Å²) in [6.07, 6.45) is 0. The third-order valence-electron chi connectivity index (χ3n) is 13.9. The van der Waals surface area contributed by atoms with E-state index < -0.39 is 0 Å². The van der Waals surface area contributed by atoms with Gasteiger partial charge in [-0.2, -0.15) is 0 Å². The number of fused-ring (bicyclic) bond motifs is 2. The molecule has 0 saturated heterocycles. The zero-order chi connectivity index (χ0) is 49.8. The highest BCUT2D eigenvalue weighted by Crippen LogP contribution is 2.48. The number of anilines is 12. The van der Waals surface area contributed by atoms with Crippen LogP contribution in [0.15, 0.2) is 291 Å². The van der Waals surface area contributed by atoms with E-state index in [9.17, 15) is 0 Å². The lowest BCUT2D eigenvalue weighted by molar-refractivity contribution is 1.27. The molecule has 0 heterocycles. The first kappa shape index (κ1) is 45.5. The summed E-state index contributed by atoms with van der Waals surface area (Å²) in [7, 11) is 0. The van der Waals surface area contributed by atoms with E-state index in [0.717, 1.165) is 101 Å². The maximum absolute atomic E-state index is 2.38. The zero-order valence-electron chi connectivity index (χ0n) is 41.5. The van der Waals surface area contributed by atoms with Crippen LogP contribution >= 0.6 is 0 Å². The fourth-order valence-electron chi connectivity index (χ4n) is 10.5. The van der Waals surface area contributed by atoms with E-state index in [1.54, 1.807) is 0 Å². The molecule has 0 aliphatic carbocycles. The maximum Gasteiger partial charge on any atom is 0.0541 e. The smallest absolute Gasteiger partial charge is 0.0541 e. The van der Waals surface area contributed by atoms with Crippen molar-refractivity contribution in [1.82, 2.24) is 0 Å². The van der Waals surface area contributed by atoms with Crippen molar-refractivity contribution in [2.75, 3.05) is 19.6 Å². The van der Waals surface area contributed by atoms with Gasteiger partial charge in [-0.15, -0.1) is 0 Å². The molecule has 74 heavy (non-hydrogen) atoms. The molecule has 4 heteroatoms. The highest BCUT2D eigenvalue weighted by Gasteiger charge is 2.23. The van der Waals surface area contributed by atoms with Gasteiger partial charge in [-0.1, -0.05) is 170 Å². The lowest BCUT2D eigenvalue weighted by Crippen LogP contribution is -2.13. The number of nitrogens with zero attached hydrogens (tertiary/aromatic N) is 4. The van der Waals surface area contributed by atoms with Gasteiger partial charge in [0.1, 0.15) is 0 Å². The molecule has 4 nitrogen and oxygen atoms in total. The Morgan fingerprint density at radius 1 is 0.189 bits per heavy atom. The Bertz CT molecular complexity index is 3600. The second-order valence-corrected chi connectivity index (χ2v) is 18.8. The molecule has 0 saturated carbocycles. The summed E-state index contributed by atoms with van der Waals surface area (Å²) in [6, 6.07) is 105. The fourth-order valence-corrected chi connectivity index (χ4v) is 10.5. The van der Waals surface area contributed by atoms with Crippen molar-refractivity contribution >= 4 is 89.8 Å². The summed E-state index contributed by atoms with van der Waals surface area (Å²) in [5.74, 6) is 0. The van der Waals surface area contributed by atoms with Gasteiger partial charge < -0.3 is 19.6 Å². The monoisotopic (exact) mass is 950 g/mol. The highest BCUT2D eigenvalue weighted by molar-refractivity contribution is 6.09. The molecule has 0 N–H and O–H groups in total. The van der Waals surface area contributed by atoms with Crippen molar-refractivity contribution in [2.24, 2.45) is 0 Å². The molecule has 0 aliphatic rings. The molecule has 0 aliphatic heterocycles.